The zero-order valence-electron chi connectivity index (χ0n) is 17.7. The Kier molecular flexibility index (Phi) is 5.59. The first-order valence-corrected chi connectivity index (χ1v) is 12.7. The molecule has 168 valence electrons. The number of piperidine rings is 1. The number of nitrogens with zero attached hydrogens (tertiary/aromatic N) is 4. The van der Waals surface area contributed by atoms with Crippen molar-refractivity contribution in [3.8, 4) is 0 Å². The van der Waals surface area contributed by atoms with Crippen LogP contribution in [0.15, 0.2) is 57.8 Å². The summed E-state index contributed by atoms with van der Waals surface area (Å²) in [6, 6.07) is 14.7. The van der Waals surface area contributed by atoms with Crippen molar-refractivity contribution in [1.82, 2.24) is 9.80 Å². The van der Waals surface area contributed by atoms with Gasteiger partial charge in [0.2, 0.25) is 5.91 Å². The molecule has 0 radical (unpaired) electrons. The smallest absolute Gasteiger partial charge is 0.285 e. The average Bonchev–Trinajstić information content (AvgIpc) is 3.10. The molecule has 0 spiro atoms. The van der Waals surface area contributed by atoms with Crippen LogP contribution < -0.4 is 4.90 Å². The van der Waals surface area contributed by atoms with Crippen LogP contribution in [0.1, 0.15) is 18.4 Å². The Morgan fingerprint density at radius 3 is 2.44 bits per heavy atom. The monoisotopic (exact) mass is 472 g/mol. The predicted molar refractivity (Wildman–Crippen MR) is 125 cm³/mol. The third-order valence-electron chi connectivity index (χ3n) is 6.47. The highest BCUT2D eigenvalue weighted by molar-refractivity contribution is 7.90. The molecular weight excluding hydrogens is 448 g/mol. The molecule has 0 unspecified atom stereocenters. The van der Waals surface area contributed by atoms with Gasteiger partial charge in [0.1, 0.15) is 4.90 Å². The lowest BCUT2D eigenvalue weighted by molar-refractivity contribution is -0.137. The first kappa shape index (κ1) is 21.3. The fourth-order valence-electron chi connectivity index (χ4n) is 4.82. The number of sulfonamides is 1. The second-order valence-electron chi connectivity index (χ2n) is 8.44. The van der Waals surface area contributed by atoms with Crippen molar-refractivity contribution in [2.45, 2.75) is 17.7 Å². The summed E-state index contributed by atoms with van der Waals surface area (Å²) >= 11 is 6.33. The molecule has 9 heteroatoms. The van der Waals surface area contributed by atoms with Crippen LogP contribution in [0.4, 0.5) is 5.69 Å². The highest BCUT2D eigenvalue weighted by atomic mass is 35.5. The SMILES string of the molecule is O=C([C@H]1CCCN(C2=NS(=O)(=O)c3ccccc32)C1)N1CCN(c2ccccc2Cl)CC1. The normalized spacial score (nSPS) is 22.5. The van der Waals surface area contributed by atoms with Crippen LogP contribution in [0.5, 0.6) is 0 Å². The minimum atomic E-state index is -3.66. The van der Waals surface area contributed by atoms with E-state index in [0.29, 0.717) is 37.6 Å². The maximum absolute atomic E-state index is 13.3. The Hall–Kier alpha value is -2.58. The molecule has 3 aliphatic heterocycles. The van der Waals surface area contributed by atoms with E-state index in [2.05, 4.69) is 9.30 Å². The second kappa shape index (κ2) is 8.41. The molecular formula is C23H25ClN4O3S. The summed E-state index contributed by atoms with van der Waals surface area (Å²) in [7, 11) is -3.66. The molecule has 3 aliphatic rings. The van der Waals surface area contributed by atoms with E-state index < -0.39 is 10.0 Å². The van der Waals surface area contributed by atoms with Gasteiger partial charge in [0.25, 0.3) is 10.0 Å². The first-order chi connectivity index (χ1) is 15.4. The third-order valence-corrected chi connectivity index (χ3v) is 8.11. The number of fused-ring (bicyclic) bond motifs is 1. The van der Waals surface area contributed by atoms with Gasteiger partial charge >= 0.3 is 0 Å². The van der Waals surface area contributed by atoms with E-state index in [-0.39, 0.29) is 16.7 Å². The number of carbonyl (C=O) groups is 1. The number of amides is 1. The zero-order valence-corrected chi connectivity index (χ0v) is 19.2. The summed E-state index contributed by atoms with van der Waals surface area (Å²) in [6.45, 7) is 3.98. The largest absolute Gasteiger partial charge is 0.367 e. The fraction of sp³-hybridized carbons (Fsp3) is 0.391. The van der Waals surface area contributed by atoms with Crippen LogP contribution in [0.2, 0.25) is 5.02 Å². The first-order valence-electron chi connectivity index (χ1n) is 10.9. The highest BCUT2D eigenvalue weighted by Crippen LogP contribution is 2.31. The van der Waals surface area contributed by atoms with Crippen LogP contribution in [0, 0.1) is 5.92 Å². The van der Waals surface area contributed by atoms with E-state index in [0.717, 1.165) is 36.6 Å². The van der Waals surface area contributed by atoms with Gasteiger partial charge in [-0.05, 0) is 37.1 Å². The molecule has 0 bridgehead atoms. The average molecular weight is 473 g/mol. The number of carbonyl (C=O) groups excluding carboxylic acids is 1. The number of piperazine rings is 1. The fourth-order valence-corrected chi connectivity index (χ4v) is 6.30. The summed E-state index contributed by atoms with van der Waals surface area (Å²) in [5, 5.41) is 0.725. The number of rotatable bonds is 2. The lowest BCUT2D eigenvalue weighted by Crippen LogP contribution is -2.53. The number of anilines is 1. The van der Waals surface area contributed by atoms with Crippen molar-refractivity contribution < 1.29 is 13.2 Å². The van der Waals surface area contributed by atoms with Crippen LogP contribution in [-0.4, -0.2) is 69.2 Å². The van der Waals surface area contributed by atoms with Crippen LogP contribution in [0.3, 0.4) is 0 Å². The number of hydrogen-bond donors (Lipinski definition) is 0. The molecule has 0 aromatic heterocycles. The summed E-state index contributed by atoms with van der Waals surface area (Å²) in [4.78, 5) is 19.7. The maximum atomic E-state index is 13.3. The number of benzene rings is 2. The summed E-state index contributed by atoms with van der Waals surface area (Å²) in [6.07, 6.45) is 1.64. The maximum Gasteiger partial charge on any atom is 0.285 e. The molecule has 32 heavy (non-hydrogen) atoms. The molecule has 2 aromatic carbocycles. The van der Waals surface area contributed by atoms with Crippen molar-refractivity contribution in [2.75, 3.05) is 44.2 Å². The van der Waals surface area contributed by atoms with Gasteiger partial charge in [0.15, 0.2) is 5.84 Å². The van der Waals surface area contributed by atoms with Crippen molar-refractivity contribution >= 4 is 39.1 Å². The Morgan fingerprint density at radius 1 is 0.938 bits per heavy atom. The van der Waals surface area contributed by atoms with Gasteiger partial charge in [-0.25, -0.2) is 0 Å². The number of amidine groups is 1. The summed E-state index contributed by atoms with van der Waals surface area (Å²) in [5.41, 5.74) is 1.64. The van der Waals surface area contributed by atoms with E-state index in [4.69, 9.17) is 11.6 Å². The molecule has 0 aliphatic carbocycles. The summed E-state index contributed by atoms with van der Waals surface area (Å²) in [5.74, 6) is 0.457. The predicted octanol–water partition coefficient (Wildman–Crippen LogP) is 2.85. The molecule has 7 nitrogen and oxygen atoms in total. The van der Waals surface area contributed by atoms with Crippen molar-refractivity contribution in [3.63, 3.8) is 0 Å². The van der Waals surface area contributed by atoms with Gasteiger partial charge in [-0.1, -0.05) is 35.9 Å². The van der Waals surface area contributed by atoms with Gasteiger partial charge in [-0.3, -0.25) is 4.79 Å². The highest BCUT2D eigenvalue weighted by Gasteiger charge is 2.36. The molecule has 1 amide bonds. The molecule has 0 saturated carbocycles. The van der Waals surface area contributed by atoms with E-state index in [9.17, 15) is 13.2 Å². The van der Waals surface area contributed by atoms with E-state index in [1.54, 1.807) is 18.2 Å². The number of likely N-dealkylation sites (tertiary alicyclic amines) is 1. The van der Waals surface area contributed by atoms with Crippen molar-refractivity contribution in [2.24, 2.45) is 10.3 Å². The Bertz CT molecular complexity index is 1180. The van der Waals surface area contributed by atoms with Gasteiger partial charge in [0, 0.05) is 44.8 Å². The minimum absolute atomic E-state index is 0.142. The lowest BCUT2D eigenvalue weighted by Gasteiger charge is -2.40. The van der Waals surface area contributed by atoms with Gasteiger partial charge in [-0.15, -0.1) is 4.40 Å². The van der Waals surface area contributed by atoms with Crippen molar-refractivity contribution in [3.05, 3.63) is 59.1 Å². The number of hydrogen-bond acceptors (Lipinski definition) is 5. The quantitative estimate of drug-likeness (QED) is 0.672. The van der Waals surface area contributed by atoms with Gasteiger partial charge in [0.05, 0.1) is 16.6 Å². The lowest BCUT2D eigenvalue weighted by atomic mass is 9.95. The summed E-state index contributed by atoms with van der Waals surface area (Å²) < 4.78 is 28.9. The van der Waals surface area contributed by atoms with Crippen LogP contribution in [-0.2, 0) is 14.8 Å². The van der Waals surface area contributed by atoms with Crippen molar-refractivity contribution in [1.29, 1.82) is 0 Å². The van der Waals surface area contributed by atoms with Crippen LogP contribution >= 0.6 is 11.6 Å². The van der Waals surface area contributed by atoms with E-state index in [1.165, 1.54) is 0 Å². The molecule has 2 saturated heterocycles. The third kappa shape index (κ3) is 3.86. The zero-order chi connectivity index (χ0) is 22.3. The van der Waals surface area contributed by atoms with Gasteiger partial charge < -0.3 is 14.7 Å². The standard InChI is InChI=1S/C23H25ClN4O3S/c24-19-8-2-3-9-20(19)26-12-14-27(15-13-26)23(29)17-6-5-11-28(16-17)22-18-7-1-4-10-21(18)32(30,31)25-22/h1-4,7-10,17H,5-6,11-16H2/t17-/m0/s1. The minimum Gasteiger partial charge on any atom is -0.367 e. The molecule has 2 aromatic rings. The molecule has 3 heterocycles. The molecule has 1 atom stereocenters. The Labute approximate surface area is 193 Å². The second-order valence-corrected chi connectivity index (χ2v) is 10.4. The topological polar surface area (TPSA) is 73.3 Å². The molecule has 5 rings (SSSR count). The molecule has 2 fully saturated rings. The van der Waals surface area contributed by atoms with E-state index in [1.807, 2.05) is 40.1 Å². The number of para-hydroxylation sites is 1. The van der Waals surface area contributed by atoms with E-state index >= 15 is 0 Å². The number of halogens is 1. The Balaban J connectivity index is 1.26. The van der Waals surface area contributed by atoms with Crippen LogP contribution in [0.25, 0.3) is 0 Å². The molecule has 0 N–H and O–H groups in total. The van der Waals surface area contributed by atoms with Gasteiger partial charge in [-0.2, -0.15) is 8.42 Å². The Morgan fingerprint density at radius 2 is 1.66 bits per heavy atom.